The second-order valence-electron chi connectivity index (χ2n) is 2.66. The molecule has 0 amide bonds. The maximum absolute atomic E-state index is 11.1. The summed E-state index contributed by atoms with van der Waals surface area (Å²) in [6.45, 7) is 0. The molecule has 0 atom stereocenters. The van der Waals surface area contributed by atoms with Crippen molar-refractivity contribution in [3.05, 3.63) is 0 Å². The third-order valence-corrected chi connectivity index (χ3v) is 3.94. The van der Waals surface area contributed by atoms with Gasteiger partial charge in [-0.2, -0.15) is 0 Å². The summed E-state index contributed by atoms with van der Waals surface area (Å²) in [6.07, 6.45) is 3.80. The molecule has 1 saturated carbocycles. The van der Waals surface area contributed by atoms with E-state index in [4.69, 9.17) is 0 Å². The van der Waals surface area contributed by atoms with Gasteiger partial charge in [0.25, 0.3) is 0 Å². The monoisotopic (exact) mass is 163 g/mol. The van der Waals surface area contributed by atoms with Gasteiger partial charge in [-0.05, 0) is 19.9 Å². The van der Waals surface area contributed by atoms with Gasteiger partial charge >= 0.3 is 0 Å². The highest BCUT2D eigenvalue weighted by Gasteiger charge is 2.26. The lowest BCUT2D eigenvalue weighted by molar-refractivity contribution is 0.571. The van der Waals surface area contributed by atoms with Crippen molar-refractivity contribution in [2.45, 2.75) is 30.9 Å². The highest BCUT2D eigenvalue weighted by atomic mass is 32.2. The fraction of sp³-hybridized carbons (Fsp3) is 1.00. The average Bonchev–Trinajstić information content (AvgIpc) is 2.38. The maximum atomic E-state index is 11.1. The summed E-state index contributed by atoms with van der Waals surface area (Å²) in [4.78, 5) is 0. The summed E-state index contributed by atoms with van der Waals surface area (Å²) >= 11 is 0. The van der Waals surface area contributed by atoms with Crippen LogP contribution in [0.1, 0.15) is 25.7 Å². The van der Waals surface area contributed by atoms with Crippen LogP contribution in [0.2, 0.25) is 0 Å². The third-order valence-electron chi connectivity index (χ3n) is 2.03. The molecule has 0 spiro atoms. The van der Waals surface area contributed by atoms with E-state index in [1.807, 2.05) is 0 Å². The van der Waals surface area contributed by atoms with Gasteiger partial charge in [0.1, 0.15) is 0 Å². The van der Waals surface area contributed by atoms with Crippen molar-refractivity contribution in [1.29, 1.82) is 0 Å². The number of hydrogen-bond acceptors (Lipinski definition) is 2. The fourth-order valence-electron chi connectivity index (χ4n) is 1.37. The van der Waals surface area contributed by atoms with Crippen LogP contribution in [0.4, 0.5) is 0 Å². The fourth-order valence-corrected chi connectivity index (χ4v) is 2.65. The van der Waals surface area contributed by atoms with E-state index in [2.05, 4.69) is 4.72 Å². The zero-order valence-corrected chi connectivity index (χ0v) is 6.95. The minimum Gasteiger partial charge on any atom is -0.218 e. The average molecular weight is 163 g/mol. The van der Waals surface area contributed by atoms with E-state index < -0.39 is 10.0 Å². The molecule has 1 fully saturated rings. The van der Waals surface area contributed by atoms with E-state index in [0.29, 0.717) is 0 Å². The van der Waals surface area contributed by atoms with Crippen molar-refractivity contribution in [3.8, 4) is 0 Å². The van der Waals surface area contributed by atoms with Crippen molar-refractivity contribution in [2.75, 3.05) is 7.05 Å². The van der Waals surface area contributed by atoms with Crippen LogP contribution in [0.25, 0.3) is 0 Å². The van der Waals surface area contributed by atoms with E-state index in [9.17, 15) is 8.42 Å². The van der Waals surface area contributed by atoms with Crippen LogP contribution in [0.3, 0.4) is 0 Å². The number of nitrogens with one attached hydrogen (secondary N) is 1. The molecule has 1 aliphatic rings. The summed E-state index contributed by atoms with van der Waals surface area (Å²) in [5.41, 5.74) is 0. The Morgan fingerprint density at radius 2 is 1.80 bits per heavy atom. The lowest BCUT2D eigenvalue weighted by Gasteiger charge is -2.07. The molecule has 3 nitrogen and oxygen atoms in total. The number of rotatable bonds is 2. The molecule has 0 aliphatic heterocycles. The van der Waals surface area contributed by atoms with E-state index in [-0.39, 0.29) is 5.25 Å². The Morgan fingerprint density at radius 1 is 1.30 bits per heavy atom. The second kappa shape index (κ2) is 2.88. The molecule has 0 aromatic carbocycles. The van der Waals surface area contributed by atoms with Gasteiger partial charge in [0.05, 0.1) is 5.25 Å². The van der Waals surface area contributed by atoms with Gasteiger partial charge in [0.2, 0.25) is 10.0 Å². The van der Waals surface area contributed by atoms with Gasteiger partial charge in [0, 0.05) is 0 Å². The van der Waals surface area contributed by atoms with Gasteiger partial charge in [-0.25, -0.2) is 13.1 Å². The van der Waals surface area contributed by atoms with Crippen molar-refractivity contribution in [1.82, 2.24) is 4.72 Å². The van der Waals surface area contributed by atoms with Crippen LogP contribution in [0, 0.1) is 0 Å². The Kier molecular flexibility index (Phi) is 2.31. The zero-order chi connectivity index (χ0) is 7.61. The molecule has 0 bridgehead atoms. The normalized spacial score (nSPS) is 21.7. The first kappa shape index (κ1) is 8.01. The minimum absolute atomic E-state index is 0.113. The van der Waals surface area contributed by atoms with E-state index in [0.717, 1.165) is 25.7 Å². The summed E-state index contributed by atoms with van der Waals surface area (Å²) in [7, 11) is -1.47. The molecule has 1 N–H and O–H groups in total. The van der Waals surface area contributed by atoms with Crippen LogP contribution in [-0.2, 0) is 10.0 Å². The Labute approximate surface area is 61.9 Å². The second-order valence-corrected chi connectivity index (χ2v) is 4.82. The molecule has 4 heteroatoms. The Morgan fingerprint density at radius 3 is 2.20 bits per heavy atom. The highest BCUT2D eigenvalue weighted by molar-refractivity contribution is 7.90. The lowest BCUT2D eigenvalue weighted by Crippen LogP contribution is -2.29. The third kappa shape index (κ3) is 1.49. The first-order chi connectivity index (χ1) is 4.67. The van der Waals surface area contributed by atoms with Crippen molar-refractivity contribution >= 4 is 10.0 Å². The van der Waals surface area contributed by atoms with Gasteiger partial charge in [-0.15, -0.1) is 0 Å². The topological polar surface area (TPSA) is 46.2 Å². The summed E-state index contributed by atoms with van der Waals surface area (Å²) < 4.78 is 24.5. The quantitative estimate of drug-likeness (QED) is 0.643. The molecule has 0 heterocycles. The Balaban J connectivity index is 2.63. The lowest BCUT2D eigenvalue weighted by atomic mass is 10.4. The summed E-state index contributed by atoms with van der Waals surface area (Å²) in [6, 6.07) is 0. The zero-order valence-electron chi connectivity index (χ0n) is 6.13. The van der Waals surface area contributed by atoms with Crippen LogP contribution in [-0.4, -0.2) is 20.7 Å². The molecule has 60 valence electrons. The molecule has 0 aromatic heterocycles. The van der Waals surface area contributed by atoms with Crippen LogP contribution >= 0.6 is 0 Å². The Bertz CT molecular complexity index is 192. The molecule has 1 rings (SSSR count). The summed E-state index contributed by atoms with van der Waals surface area (Å²) in [5, 5.41) is -0.113. The molecule has 1 aliphatic carbocycles. The molecule has 0 radical (unpaired) electrons. The molecule has 0 unspecified atom stereocenters. The first-order valence-corrected chi connectivity index (χ1v) is 5.14. The van der Waals surface area contributed by atoms with Crippen molar-refractivity contribution in [3.63, 3.8) is 0 Å². The predicted octanol–water partition coefficient (Wildman–Crippen LogP) is 0.478. The number of sulfonamides is 1. The van der Waals surface area contributed by atoms with Crippen molar-refractivity contribution in [2.24, 2.45) is 0 Å². The SMILES string of the molecule is CNS(=O)(=O)C1CCCC1. The van der Waals surface area contributed by atoms with Gasteiger partial charge in [-0.1, -0.05) is 12.8 Å². The smallest absolute Gasteiger partial charge is 0.214 e. The van der Waals surface area contributed by atoms with E-state index >= 15 is 0 Å². The Hall–Kier alpha value is -0.0900. The first-order valence-electron chi connectivity index (χ1n) is 3.59. The molecular weight excluding hydrogens is 150 g/mol. The van der Waals surface area contributed by atoms with Crippen LogP contribution in [0.15, 0.2) is 0 Å². The van der Waals surface area contributed by atoms with E-state index in [1.165, 1.54) is 7.05 Å². The molecular formula is C6H13NO2S. The summed E-state index contributed by atoms with van der Waals surface area (Å²) in [5.74, 6) is 0. The van der Waals surface area contributed by atoms with Crippen LogP contribution < -0.4 is 4.72 Å². The molecule has 0 saturated heterocycles. The molecule has 0 aromatic rings. The predicted molar refractivity (Wildman–Crippen MR) is 40.2 cm³/mol. The standard InChI is InChI=1S/C6H13NO2S/c1-7-10(8,9)6-4-2-3-5-6/h6-7H,2-5H2,1H3. The molecule has 10 heavy (non-hydrogen) atoms. The van der Waals surface area contributed by atoms with Crippen LogP contribution in [0.5, 0.6) is 0 Å². The highest BCUT2D eigenvalue weighted by Crippen LogP contribution is 2.23. The minimum atomic E-state index is -2.95. The van der Waals surface area contributed by atoms with E-state index in [1.54, 1.807) is 0 Å². The largest absolute Gasteiger partial charge is 0.218 e. The van der Waals surface area contributed by atoms with Crippen molar-refractivity contribution < 1.29 is 8.42 Å². The maximum Gasteiger partial charge on any atom is 0.214 e. The van der Waals surface area contributed by atoms with Gasteiger partial charge in [-0.3, -0.25) is 0 Å². The van der Waals surface area contributed by atoms with Gasteiger partial charge in [0.15, 0.2) is 0 Å². The van der Waals surface area contributed by atoms with Gasteiger partial charge < -0.3 is 0 Å². The number of hydrogen-bond donors (Lipinski definition) is 1.